The molecule has 2 aromatic rings. The number of benzene rings is 2. The Labute approximate surface area is 184 Å². The van der Waals surface area contributed by atoms with Gasteiger partial charge in [-0.25, -0.2) is 5.43 Å². The van der Waals surface area contributed by atoms with E-state index in [9.17, 15) is 19.7 Å². The van der Waals surface area contributed by atoms with Gasteiger partial charge in [-0.2, -0.15) is 5.10 Å². The summed E-state index contributed by atoms with van der Waals surface area (Å²) in [7, 11) is 0. The van der Waals surface area contributed by atoms with Crippen LogP contribution >= 0.6 is 11.6 Å². The molecule has 31 heavy (non-hydrogen) atoms. The van der Waals surface area contributed by atoms with Gasteiger partial charge in [0.1, 0.15) is 11.8 Å². The summed E-state index contributed by atoms with van der Waals surface area (Å²) in [4.78, 5) is 35.0. The lowest BCUT2D eigenvalue weighted by Crippen LogP contribution is -2.47. The number of non-ortho nitro benzene ring substituents is 1. The highest BCUT2D eigenvalue weighted by atomic mass is 35.5. The number of nitro groups is 1. The smallest absolute Gasteiger partial charge is 0.270 e. The fourth-order valence-corrected chi connectivity index (χ4v) is 2.71. The molecule has 0 saturated carbocycles. The SMILES string of the molecule is CC(C)C[C@@H](NC(=O)COc1ccc(Cl)cc1)C(=O)N/N=C\c1cccc([N+](=O)[O-])c1. The van der Waals surface area contributed by atoms with E-state index in [-0.39, 0.29) is 18.2 Å². The third-order valence-electron chi connectivity index (χ3n) is 4.01. The number of carbonyl (C=O) groups is 2. The molecule has 2 N–H and O–H groups in total. The lowest BCUT2D eigenvalue weighted by Gasteiger charge is -2.19. The molecular formula is C21H23ClN4O5. The van der Waals surface area contributed by atoms with Crippen LogP contribution in [0.3, 0.4) is 0 Å². The molecule has 0 aliphatic heterocycles. The topological polar surface area (TPSA) is 123 Å². The molecule has 0 spiro atoms. The average molecular weight is 447 g/mol. The zero-order valence-corrected chi connectivity index (χ0v) is 17.8. The third-order valence-corrected chi connectivity index (χ3v) is 4.26. The van der Waals surface area contributed by atoms with Crippen LogP contribution in [-0.2, 0) is 9.59 Å². The van der Waals surface area contributed by atoms with E-state index in [1.165, 1.54) is 24.4 Å². The van der Waals surface area contributed by atoms with Crippen LogP contribution < -0.4 is 15.5 Å². The number of hydrazone groups is 1. The molecular weight excluding hydrogens is 424 g/mol. The largest absolute Gasteiger partial charge is 0.484 e. The Morgan fingerprint density at radius 3 is 2.58 bits per heavy atom. The standard InChI is InChI=1S/C21H23ClN4O5/c1-14(2)10-19(24-20(27)13-31-18-8-6-16(22)7-9-18)21(28)25-23-12-15-4-3-5-17(11-15)26(29)30/h3-9,11-12,14,19H,10,13H2,1-2H3,(H,24,27)(H,25,28)/b23-12-/t19-/m1/s1. The summed E-state index contributed by atoms with van der Waals surface area (Å²) in [5.74, 6) is -0.353. The van der Waals surface area contributed by atoms with E-state index in [1.807, 2.05) is 13.8 Å². The summed E-state index contributed by atoms with van der Waals surface area (Å²) in [5.41, 5.74) is 2.73. The molecule has 0 aliphatic carbocycles. The molecule has 0 aliphatic rings. The van der Waals surface area contributed by atoms with Crippen LogP contribution in [0.1, 0.15) is 25.8 Å². The number of nitrogens with zero attached hydrogens (tertiary/aromatic N) is 2. The monoisotopic (exact) mass is 446 g/mol. The van der Waals surface area contributed by atoms with Gasteiger partial charge in [-0.15, -0.1) is 0 Å². The summed E-state index contributed by atoms with van der Waals surface area (Å²) in [6.07, 6.45) is 1.69. The molecule has 0 radical (unpaired) electrons. The quantitative estimate of drug-likeness (QED) is 0.329. The van der Waals surface area contributed by atoms with Gasteiger partial charge in [0.25, 0.3) is 17.5 Å². The predicted molar refractivity (Wildman–Crippen MR) is 117 cm³/mol. The van der Waals surface area contributed by atoms with Gasteiger partial charge < -0.3 is 10.1 Å². The molecule has 2 aromatic carbocycles. The Morgan fingerprint density at radius 1 is 1.23 bits per heavy atom. The minimum Gasteiger partial charge on any atom is -0.484 e. The first-order valence-corrected chi connectivity index (χ1v) is 9.87. The highest BCUT2D eigenvalue weighted by Crippen LogP contribution is 2.15. The van der Waals surface area contributed by atoms with Gasteiger partial charge in [0.2, 0.25) is 0 Å². The Morgan fingerprint density at radius 2 is 1.94 bits per heavy atom. The summed E-state index contributed by atoms with van der Waals surface area (Å²) < 4.78 is 5.39. The minimum absolute atomic E-state index is 0.0825. The molecule has 0 aromatic heterocycles. The van der Waals surface area contributed by atoms with Crippen molar-refractivity contribution in [2.24, 2.45) is 11.0 Å². The van der Waals surface area contributed by atoms with Crippen molar-refractivity contribution < 1.29 is 19.2 Å². The van der Waals surface area contributed by atoms with Crippen LogP contribution in [0.2, 0.25) is 5.02 Å². The lowest BCUT2D eigenvalue weighted by molar-refractivity contribution is -0.384. The number of carbonyl (C=O) groups excluding carboxylic acids is 2. The van der Waals surface area contributed by atoms with E-state index < -0.39 is 22.8 Å². The molecule has 0 fully saturated rings. The summed E-state index contributed by atoms with van der Waals surface area (Å²) in [5, 5.41) is 17.8. The number of halogens is 1. The van der Waals surface area contributed by atoms with Gasteiger partial charge in [0.05, 0.1) is 11.1 Å². The second kappa shape index (κ2) is 11.7. The van der Waals surface area contributed by atoms with Crippen molar-refractivity contribution in [2.45, 2.75) is 26.3 Å². The Bertz CT molecular complexity index is 947. The van der Waals surface area contributed by atoms with Crippen LogP contribution in [0.5, 0.6) is 5.75 Å². The van der Waals surface area contributed by atoms with Crippen molar-refractivity contribution in [3.05, 3.63) is 69.2 Å². The fraction of sp³-hybridized carbons (Fsp3) is 0.286. The maximum atomic E-state index is 12.5. The van der Waals surface area contributed by atoms with Crippen molar-refractivity contribution in [2.75, 3.05) is 6.61 Å². The molecule has 2 amide bonds. The van der Waals surface area contributed by atoms with E-state index in [1.54, 1.807) is 30.3 Å². The van der Waals surface area contributed by atoms with Crippen LogP contribution in [0.15, 0.2) is 53.6 Å². The number of hydrogen-bond donors (Lipinski definition) is 2. The van der Waals surface area contributed by atoms with Gasteiger partial charge in [-0.1, -0.05) is 37.6 Å². The average Bonchev–Trinajstić information content (AvgIpc) is 2.72. The van der Waals surface area contributed by atoms with Gasteiger partial charge in [0, 0.05) is 22.7 Å². The Kier molecular flexibility index (Phi) is 8.95. The molecule has 1 atom stereocenters. The lowest BCUT2D eigenvalue weighted by atomic mass is 10.0. The van der Waals surface area contributed by atoms with E-state index in [4.69, 9.17) is 16.3 Å². The fourth-order valence-electron chi connectivity index (χ4n) is 2.59. The van der Waals surface area contributed by atoms with Crippen LogP contribution in [0.25, 0.3) is 0 Å². The number of rotatable bonds is 10. The summed E-state index contributed by atoms with van der Waals surface area (Å²) in [6.45, 7) is 3.58. The molecule has 0 saturated heterocycles. The van der Waals surface area contributed by atoms with Crippen molar-refractivity contribution in [1.82, 2.24) is 10.7 Å². The van der Waals surface area contributed by atoms with Crippen molar-refractivity contribution in [1.29, 1.82) is 0 Å². The molecule has 2 rings (SSSR count). The van der Waals surface area contributed by atoms with Crippen LogP contribution in [-0.4, -0.2) is 35.6 Å². The third kappa shape index (κ3) is 8.43. The number of ether oxygens (including phenoxy) is 1. The summed E-state index contributed by atoms with van der Waals surface area (Å²) in [6, 6.07) is 11.6. The molecule has 164 valence electrons. The zero-order valence-electron chi connectivity index (χ0n) is 17.1. The highest BCUT2D eigenvalue weighted by molar-refractivity contribution is 6.30. The van der Waals surface area contributed by atoms with Gasteiger partial charge in [0.15, 0.2) is 6.61 Å². The first-order chi connectivity index (χ1) is 14.7. The first-order valence-electron chi connectivity index (χ1n) is 9.49. The molecule has 0 unspecified atom stereocenters. The van der Waals surface area contributed by atoms with Crippen LogP contribution in [0, 0.1) is 16.0 Å². The second-order valence-electron chi connectivity index (χ2n) is 7.08. The minimum atomic E-state index is -0.816. The second-order valence-corrected chi connectivity index (χ2v) is 7.52. The van der Waals surface area contributed by atoms with Gasteiger partial charge in [-0.3, -0.25) is 19.7 Å². The summed E-state index contributed by atoms with van der Waals surface area (Å²) >= 11 is 5.81. The van der Waals surface area contributed by atoms with Crippen molar-refractivity contribution in [3.63, 3.8) is 0 Å². The zero-order chi connectivity index (χ0) is 22.8. The van der Waals surface area contributed by atoms with Gasteiger partial charge >= 0.3 is 0 Å². The number of amides is 2. The van der Waals surface area contributed by atoms with E-state index in [0.29, 0.717) is 22.8 Å². The maximum Gasteiger partial charge on any atom is 0.270 e. The first kappa shape index (κ1) is 23.8. The van der Waals surface area contributed by atoms with Crippen molar-refractivity contribution >= 4 is 35.3 Å². The molecule has 0 bridgehead atoms. The highest BCUT2D eigenvalue weighted by Gasteiger charge is 2.22. The molecule has 0 heterocycles. The maximum absolute atomic E-state index is 12.5. The molecule has 9 nitrogen and oxygen atoms in total. The molecule has 10 heteroatoms. The number of nitro benzene ring substituents is 1. The van der Waals surface area contributed by atoms with Crippen molar-refractivity contribution in [3.8, 4) is 5.75 Å². The number of hydrogen-bond acceptors (Lipinski definition) is 6. The Hall–Kier alpha value is -3.46. The van der Waals surface area contributed by atoms with E-state index in [0.717, 1.165) is 0 Å². The van der Waals surface area contributed by atoms with E-state index in [2.05, 4.69) is 15.8 Å². The van der Waals surface area contributed by atoms with Crippen LogP contribution in [0.4, 0.5) is 5.69 Å². The predicted octanol–water partition coefficient (Wildman–Crippen LogP) is 3.31. The van der Waals surface area contributed by atoms with Gasteiger partial charge in [-0.05, 0) is 36.6 Å². The number of nitrogens with one attached hydrogen (secondary N) is 2. The van der Waals surface area contributed by atoms with E-state index >= 15 is 0 Å². The Balaban J connectivity index is 1.93. The normalized spacial score (nSPS) is 11.9.